The number of hydrogen-bond acceptors (Lipinski definition) is 7. The van der Waals surface area contributed by atoms with Crippen LogP contribution in [-0.4, -0.2) is 69.0 Å². The fraction of sp³-hybridized carbons (Fsp3) is 0.419. The number of piperidine rings is 2. The number of likely N-dealkylation sites (tertiary alicyclic amines) is 2. The van der Waals surface area contributed by atoms with Gasteiger partial charge in [0, 0.05) is 38.1 Å². The number of carbonyl (C=O) groups excluding carboxylic acids is 1. The normalized spacial score (nSPS) is 16.2. The van der Waals surface area contributed by atoms with Gasteiger partial charge in [0.05, 0.1) is 5.56 Å². The average Bonchev–Trinajstić information content (AvgIpc) is 3.50. The van der Waals surface area contributed by atoms with E-state index in [4.69, 9.17) is 24.3 Å². The van der Waals surface area contributed by atoms with E-state index in [-0.39, 0.29) is 17.8 Å². The van der Waals surface area contributed by atoms with Crippen LogP contribution in [0.1, 0.15) is 69.1 Å². The molecular formula is C43H50FN5O4. The number of nitrogens with zero attached hydrogens (tertiary/aromatic N) is 5. The van der Waals surface area contributed by atoms with Crippen molar-refractivity contribution in [3.8, 4) is 23.0 Å². The van der Waals surface area contributed by atoms with Crippen LogP contribution in [0.15, 0.2) is 84.9 Å². The number of hydrogen-bond donors (Lipinski definition) is 0. The largest absolute Gasteiger partial charge is 0.473 e. The van der Waals surface area contributed by atoms with Crippen molar-refractivity contribution in [2.24, 2.45) is 13.0 Å². The lowest BCUT2D eigenvalue weighted by Crippen LogP contribution is -2.44. The maximum absolute atomic E-state index is 16.5. The molecule has 4 heterocycles. The van der Waals surface area contributed by atoms with Crippen molar-refractivity contribution in [2.45, 2.75) is 71.2 Å². The summed E-state index contributed by atoms with van der Waals surface area (Å²) in [6.45, 7) is 10.7. The van der Waals surface area contributed by atoms with Gasteiger partial charge in [0.15, 0.2) is 5.82 Å². The van der Waals surface area contributed by atoms with E-state index in [1.54, 1.807) is 11.7 Å². The number of carbonyl (C=O) groups is 1. The van der Waals surface area contributed by atoms with Gasteiger partial charge in [-0.05, 0) is 94.1 Å². The highest BCUT2D eigenvalue weighted by Crippen LogP contribution is 2.39. The smallest absolute Gasteiger partial charge is 0.410 e. The third-order valence-corrected chi connectivity index (χ3v) is 10.3. The van der Waals surface area contributed by atoms with E-state index in [1.165, 1.54) is 0 Å². The van der Waals surface area contributed by atoms with Gasteiger partial charge in [-0.1, -0.05) is 72.8 Å². The number of halogens is 1. The first kappa shape index (κ1) is 36.4. The van der Waals surface area contributed by atoms with Gasteiger partial charge in [-0.3, -0.25) is 4.68 Å². The van der Waals surface area contributed by atoms with E-state index >= 15 is 4.39 Å². The van der Waals surface area contributed by atoms with Crippen LogP contribution >= 0.6 is 0 Å². The summed E-state index contributed by atoms with van der Waals surface area (Å²) in [6.07, 6.45) is 3.54. The van der Waals surface area contributed by atoms with E-state index in [0.29, 0.717) is 53.1 Å². The predicted octanol–water partition coefficient (Wildman–Crippen LogP) is 8.76. The van der Waals surface area contributed by atoms with E-state index in [0.717, 1.165) is 75.1 Å². The maximum Gasteiger partial charge on any atom is 0.410 e. The molecule has 0 atom stereocenters. The van der Waals surface area contributed by atoms with Gasteiger partial charge in [-0.2, -0.15) is 10.1 Å². The summed E-state index contributed by atoms with van der Waals surface area (Å²) in [5.41, 5.74) is 4.09. The molecule has 0 aliphatic carbocycles. The SMILES string of the molecule is Cn1nc(-c2ccc(OCc3ccccc3)nc2OCc2ccccc2)c2ccc(C3CCN(CC4CCN(C(=O)OC(C)(C)C)CC4)CC3)c(F)c21. The minimum atomic E-state index is -0.481. The van der Waals surface area contributed by atoms with Crippen LogP contribution in [-0.2, 0) is 25.0 Å². The zero-order valence-corrected chi connectivity index (χ0v) is 31.3. The summed E-state index contributed by atoms with van der Waals surface area (Å²) in [4.78, 5) is 21.6. The highest BCUT2D eigenvalue weighted by molar-refractivity contribution is 5.95. The summed E-state index contributed by atoms with van der Waals surface area (Å²) in [6, 6.07) is 27.5. The molecule has 5 aromatic rings. The molecule has 9 nitrogen and oxygen atoms in total. The van der Waals surface area contributed by atoms with Crippen molar-refractivity contribution < 1.29 is 23.4 Å². The van der Waals surface area contributed by atoms with Gasteiger partial charge in [0.1, 0.15) is 30.0 Å². The number of rotatable bonds is 10. The minimum absolute atomic E-state index is 0.135. The Balaban J connectivity index is 1.04. The molecule has 2 saturated heterocycles. The molecule has 0 unspecified atom stereocenters. The molecular weight excluding hydrogens is 670 g/mol. The molecule has 0 radical (unpaired) electrons. The van der Waals surface area contributed by atoms with Crippen molar-refractivity contribution in [1.29, 1.82) is 0 Å². The predicted molar refractivity (Wildman–Crippen MR) is 204 cm³/mol. The van der Waals surface area contributed by atoms with E-state index in [1.807, 2.05) is 111 Å². The topological polar surface area (TPSA) is 82.0 Å². The van der Waals surface area contributed by atoms with Gasteiger partial charge in [-0.15, -0.1) is 0 Å². The van der Waals surface area contributed by atoms with Crippen molar-refractivity contribution in [1.82, 2.24) is 24.6 Å². The standard InChI is InChI=1S/C43H50FN5O4/c1-43(2,3)53-42(50)49-25-19-30(20-26-49)27-48-23-21-33(22-24-48)34-15-16-35-39(46-47(4)40(35)38(34)44)36-17-18-37(51-28-31-11-7-5-8-12-31)45-41(36)52-29-32-13-9-6-10-14-32/h5-18,30,33H,19-29H2,1-4H3. The lowest BCUT2D eigenvalue weighted by atomic mass is 9.87. The number of benzene rings is 3. The Labute approximate surface area is 311 Å². The van der Waals surface area contributed by atoms with Crippen LogP contribution < -0.4 is 9.47 Å². The van der Waals surface area contributed by atoms with Gasteiger partial charge < -0.3 is 24.0 Å². The molecule has 2 aliphatic rings. The van der Waals surface area contributed by atoms with Crippen LogP contribution in [0, 0.1) is 11.7 Å². The number of aryl methyl sites for hydroxylation is 1. The van der Waals surface area contributed by atoms with Crippen LogP contribution in [0.2, 0.25) is 0 Å². The molecule has 0 spiro atoms. The summed E-state index contributed by atoms with van der Waals surface area (Å²) >= 11 is 0. The van der Waals surface area contributed by atoms with Crippen molar-refractivity contribution in [2.75, 3.05) is 32.7 Å². The van der Waals surface area contributed by atoms with E-state index < -0.39 is 5.60 Å². The van der Waals surface area contributed by atoms with Crippen LogP contribution in [0.5, 0.6) is 11.8 Å². The summed E-state index contributed by atoms with van der Waals surface area (Å²) in [5, 5.41) is 5.55. The fourth-order valence-electron chi connectivity index (χ4n) is 7.52. The van der Waals surface area contributed by atoms with Crippen LogP contribution in [0.25, 0.3) is 22.2 Å². The maximum atomic E-state index is 16.5. The molecule has 0 saturated carbocycles. The molecule has 3 aromatic carbocycles. The second-order valence-electron chi connectivity index (χ2n) is 15.4. The number of pyridine rings is 1. The van der Waals surface area contributed by atoms with Gasteiger partial charge in [0.2, 0.25) is 11.8 Å². The fourth-order valence-corrected chi connectivity index (χ4v) is 7.52. The van der Waals surface area contributed by atoms with Crippen molar-refractivity contribution >= 4 is 17.0 Å². The summed E-state index contributed by atoms with van der Waals surface area (Å²) in [7, 11) is 1.80. The monoisotopic (exact) mass is 719 g/mol. The lowest BCUT2D eigenvalue weighted by molar-refractivity contribution is 0.0165. The zero-order valence-electron chi connectivity index (χ0n) is 31.3. The highest BCUT2D eigenvalue weighted by atomic mass is 19.1. The highest BCUT2D eigenvalue weighted by Gasteiger charge is 2.30. The Morgan fingerprint density at radius 1 is 0.811 bits per heavy atom. The molecule has 278 valence electrons. The average molecular weight is 720 g/mol. The number of aromatic nitrogens is 3. The Bertz CT molecular complexity index is 2000. The number of fused-ring (bicyclic) bond motifs is 1. The van der Waals surface area contributed by atoms with E-state index in [9.17, 15) is 4.79 Å². The first-order valence-corrected chi connectivity index (χ1v) is 18.8. The molecule has 53 heavy (non-hydrogen) atoms. The number of ether oxygens (including phenoxy) is 3. The molecule has 2 fully saturated rings. The third-order valence-electron chi connectivity index (χ3n) is 10.3. The molecule has 2 aliphatic heterocycles. The van der Waals surface area contributed by atoms with Gasteiger partial charge >= 0.3 is 6.09 Å². The Morgan fingerprint density at radius 3 is 2.09 bits per heavy atom. The Hall–Kier alpha value is -4.96. The second kappa shape index (κ2) is 16.0. The summed E-state index contributed by atoms with van der Waals surface area (Å²) in [5.74, 6) is 1.29. The number of amides is 1. The van der Waals surface area contributed by atoms with Gasteiger partial charge in [-0.25, -0.2) is 9.18 Å². The molecule has 10 heteroatoms. The Kier molecular flexibility index (Phi) is 11.0. The van der Waals surface area contributed by atoms with Crippen LogP contribution in [0.3, 0.4) is 0 Å². The van der Waals surface area contributed by atoms with Crippen LogP contribution in [0.4, 0.5) is 9.18 Å². The lowest BCUT2D eigenvalue weighted by Gasteiger charge is -2.38. The third kappa shape index (κ3) is 8.82. The first-order valence-electron chi connectivity index (χ1n) is 18.8. The second-order valence-corrected chi connectivity index (χ2v) is 15.4. The quantitative estimate of drug-likeness (QED) is 0.143. The molecule has 0 N–H and O–H groups in total. The zero-order chi connectivity index (χ0) is 37.0. The molecule has 1 amide bonds. The van der Waals surface area contributed by atoms with Crippen molar-refractivity contribution in [3.05, 3.63) is 107 Å². The molecule has 2 aromatic heterocycles. The Morgan fingerprint density at radius 2 is 1.45 bits per heavy atom. The summed E-state index contributed by atoms with van der Waals surface area (Å²) < 4.78 is 36.1. The van der Waals surface area contributed by atoms with E-state index in [2.05, 4.69) is 4.90 Å². The van der Waals surface area contributed by atoms with Crippen molar-refractivity contribution in [3.63, 3.8) is 0 Å². The molecule has 0 bridgehead atoms. The molecule has 7 rings (SSSR count). The van der Waals surface area contributed by atoms with Gasteiger partial charge in [0.25, 0.3) is 0 Å². The minimum Gasteiger partial charge on any atom is -0.473 e. The first-order chi connectivity index (χ1) is 25.6.